The molecule has 0 spiro atoms. The van der Waals surface area contributed by atoms with Gasteiger partial charge >= 0.3 is 18.4 Å². The second-order valence-corrected chi connectivity index (χ2v) is 11.1. The lowest BCUT2D eigenvalue weighted by molar-refractivity contribution is -0.143. The van der Waals surface area contributed by atoms with Crippen LogP contribution in [0.4, 0.5) is 37.1 Å². The summed E-state index contributed by atoms with van der Waals surface area (Å²) in [6.07, 6.45) is -9.99. The molecule has 4 rings (SSSR count). The third-order valence-corrected chi connectivity index (χ3v) is 6.34. The van der Waals surface area contributed by atoms with Crippen molar-refractivity contribution in [3.8, 4) is 5.82 Å². The number of halogens is 6. The molecular weight excluding hydrogens is 628 g/mol. The van der Waals surface area contributed by atoms with Crippen LogP contribution in [0.25, 0.3) is 5.82 Å². The van der Waals surface area contributed by atoms with E-state index in [2.05, 4.69) is 25.7 Å². The molecule has 248 valence electrons. The monoisotopic (exact) mass is 657 g/mol. The van der Waals surface area contributed by atoms with E-state index in [0.29, 0.717) is 38.4 Å². The van der Waals surface area contributed by atoms with Gasteiger partial charge in [0.2, 0.25) is 0 Å². The predicted molar refractivity (Wildman–Crippen MR) is 148 cm³/mol. The average Bonchev–Trinajstić information content (AvgIpc) is 3.38. The van der Waals surface area contributed by atoms with Gasteiger partial charge in [0.05, 0.1) is 35.9 Å². The van der Waals surface area contributed by atoms with Gasteiger partial charge in [0.25, 0.3) is 17.8 Å². The van der Waals surface area contributed by atoms with Crippen LogP contribution in [0.5, 0.6) is 0 Å². The van der Waals surface area contributed by atoms with Crippen LogP contribution in [0.3, 0.4) is 0 Å². The van der Waals surface area contributed by atoms with Gasteiger partial charge in [-0.3, -0.25) is 14.9 Å². The topological polar surface area (TPSA) is 141 Å². The van der Waals surface area contributed by atoms with E-state index in [0.717, 1.165) is 4.68 Å². The summed E-state index contributed by atoms with van der Waals surface area (Å²) in [5.74, 6) is -1.97. The van der Waals surface area contributed by atoms with Crippen LogP contribution in [-0.4, -0.2) is 74.5 Å². The number of alkyl halides is 6. The summed E-state index contributed by atoms with van der Waals surface area (Å²) >= 11 is 0. The van der Waals surface area contributed by atoms with Crippen molar-refractivity contribution in [2.75, 3.05) is 31.6 Å². The molecule has 1 unspecified atom stereocenters. The van der Waals surface area contributed by atoms with Gasteiger partial charge < -0.3 is 19.7 Å². The van der Waals surface area contributed by atoms with E-state index in [1.807, 2.05) is 0 Å². The van der Waals surface area contributed by atoms with Gasteiger partial charge in [0, 0.05) is 24.8 Å². The predicted octanol–water partition coefficient (Wildman–Crippen LogP) is 5.01. The van der Waals surface area contributed by atoms with Gasteiger partial charge in [-0.2, -0.15) is 36.0 Å². The quantitative estimate of drug-likeness (QED) is 0.353. The first-order valence-corrected chi connectivity index (χ1v) is 13.7. The summed E-state index contributed by atoms with van der Waals surface area (Å²) in [5, 5.41) is 8.82. The van der Waals surface area contributed by atoms with Crippen LogP contribution >= 0.6 is 0 Å². The van der Waals surface area contributed by atoms with Crippen molar-refractivity contribution in [2.45, 2.75) is 51.7 Å². The average molecular weight is 658 g/mol. The number of ether oxygens (including phenoxy) is 2. The fraction of sp³-hybridized carbons (Fsp3) is 0.429. The zero-order chi connectivity index (χ0) is 34.0. The molecule has 46 heavy (non-hydrogen) atoms. The molecule has 3 heterocycles. The van der Waals surface area contributed by atoms with Crippen LogP contribution in [-0.2, 0) is 21.8 Å². The van der Waals surface area contributed by atoms with Crippen LogP contribution in [0.1, 0.15) is 71.4 Å². The maximum absolute atomic E-state index is 13.4. The third-order valence-electron chi connectivity index (χ3n) is 6.34. The summed E-state index contributed by atoms with van der Waals surface area (Å²) < 4.78 is 91.7. The number of pyridine rings is 1. The Hall–Kier alpha value is -4.74. The minimum absolute atomic E-state index is 0.0535. The van der Waals surface area contributed by atoms with Gasteiger partial charge in [-0.15, -0.1) is 5.10 Å². The number of carbonyl (C=O) groups excluding carboxylic acids is 3. The molecule has 0 saturated carbocycles. The first-order valence-electron chi connectivity index (χ1n) is 13.7. The standard InChI is InChI=1S/C28H29F6N7O5/c1-15(36-22(42)17-11-18(27(29,30)31)13-19(12-17)28(32,33)34)21-37-24(38-25(44)46-26(2,3)4)39-41(21)20-6-5-16(14-35-20)23(43)40-7-9-45-10-8-40/h5-6,11-15H,7-10H2,1-4H3,(H,36,42)(H,38,39,44). The van der Waals surface area contributed by atoms with Crippen molar-refractivity contribution in [1.29, 1.82) is 0 Å². The molecule has 1 atom stereocenters. The number of carbonyl (C=O) groups is 3. The zero-order valence-electron chi connectivity index (χ0n) is 24.9. The minimum atomic E-state index is -5.16. The largest absolute Gasteiger partial charge is 0.444 e. The normalized spacial score (nSPS) is 14.9. The number of nitrogens with one attached hydrogen (secondary N) is 2. The molecule has 18 heteroatoms. The van der Waals surface area contributed by atoms with Crippen molar-refractivity contribution in [2.24, 2.45) is 0 Å². The zero-order valence-corrected chi connectivity index (χ0v) is 24.9. The van der Waals surface area contributed by atoms with Crippen LogP contribution in [0.2, 0.25) is 0 Å². The third kappa shape index (κ3) is 8.49. The molecular formula is C28H29F6N7O5. The molecule has 2 N–H and O–H groups in total. The van der Waals surface area contributed by atoms with E-state index in [9.17, 15) is 40.7 Å². The minimum Gasteiger partial charge on any atom is -0.444 e. The Morgan fingerprint density at radius 1 is 0.935 bits per heavy atom. The van der Waals surface area contributed by atoms with Gasteiger partial charge in [-0.05, 0) is 58.0 Å². The molecule has 1 aliphatic rings. The summed E-state index contributed by atoms with van der Waals surface area (Å²) in [7, 11) is 0. The Kier molecular flexibility index (Phi) is 9.60. The Bertz CT molecular complexity index is 1560. The lowest BCUT2D eigenvalue weighted by atomic mass is 10.0. The fourth-order valence-electron chi connectivity index (χ4n) is 4.24. The van der Waals surface area contributed by atoms with Crippen LogP contribution in [0, 0.1) is 0 Å². The second kappa shape index (κ2) is 12.9. The molecule has 0 aliphatic carbocycles. The van der Waals surface area contributed by atoms with E-state index in [4.69, 9.17) is 9.47 Å². The van der Waals surface area contributed by atoms with Crippen molar-refractivity contribution in [3.63, 3.8) is 0 Å². The van der Waals surface area contributed by atoms with E-state index in [1.54, 1.807) is 25.7 Å². The van der Waals surface area contributed by atoms with Gasteiger partial charge in [-0.1, -0.05) is 0 Å². The number of morpholine rings is 1. The smallest absolute Gasteiger partial charge is 0.416 e. The van der Waals surface area contributed by atoms with E-state index >= 15 is 0 Å². The van der Waals surface area contributed by atoms with E-state index in [-0.39, 0.29) is 35.1 Å². The number of rotatable bonds is 6. The highest BCUT2D eigenvalue weighted by Crippen LogP contribution is 2.36. The number of anilines is 1. The first-order chi connectivity index (χ1) is 21.3. The molecule has 1 saturated heterocycles. The van der Waals surface area contributed by atoms with E-state index in [1.165, 1.54) is 25.3 Å². The lowest BCUT2D eigenvalue weighted by Crippen LogP contribution is -2.40. The number of amides is 3. The van der Waals surface area contributed by atoms with Crippen molar-refractivity contribution in [3.05, 3.63) is 64.6 Å². The molecule has 2 aromatic heterocycles. The lowest BCUT2D eigenvalue weighted by Gasteiger charge is -2.26. The van der Waals surface area contributed by atoms with Gasteiger partial charge in [0.1, 0.15) is 5.60 Å². The Morgan fingerprint density at radius 3 is 2.07 bits per heavy atom. The summed E-state index contributed by atoms with van der Waals surface area (Å²) in [5.41, 5.74) is -4.88. The van der Waals surface area contributed by atoms with Gasteiger partial charge in [0.15, 0.2) is 11.6 Å². The summed E-state index contributed by atoms with van der Waals surface area (Å²) in [4.78, 5) is 48.2. The molecule has 3 aromatic rings. The van der Waals surface area contributed by atoms with E-state index < -0.39 is 52.7 Å². The maximum atomic E-state index is 13.4. The van der Waals surface area contributed by atoms with Crippen molar-refractivity contribution >= 4 is 23.9 Å². The molecule has 1 aromatic carbocycles. The molecule has 0 radical (unpaired) electrons. The summed E-state index contributed by atoms with van der Waals surface area (Å²) in [6, 6.07) is 2.14. The highest BCUT2D eigenvalue weighted by atomic mass is 19.4. The number of aromatic nitrogens is 4. The first kappa shape index (κ1) is 34.1. The number of hydrogen-bond acceptors (Lipinski definition) is 8. The van der Waals surface area contributed by atoms with Crippen molar-refractivity contribution in [1.82, 2.24) is 30.0 Å². The van der Waals surface area contributed by atoms with Gasteiger partial charge in [-0.25, -0.2) is 9.78 Å². The van der Waals surface area contributed by atoms with Crippen LogP contribution in [0.15, 0.2) is 36.5 Å². The maximum Gasteiger partial charge on any atom is 0.416 e. The Balaban J connectivity index is 1.66. The highest BCUT2D eigenvalue weighted by molar-refractivity contribution is 5.95. The second-order valence-electron chi connectivity index (χ2n) is 11.1. The molecule has 1 aliphatic heterocycles. The van der Waals surface area contributed by atoms with Crippen molar-refractivity contribution < 1.29 is 50.2 Å². The highest BCUT2D eigenvalue weighted by Gasteiger charge is 2.38. The SMILES string of the molecule is CC(NC(=O)c1cc(C(F)(F)F)cc(C(F)(F)F)c1)c1nc(NC(=O)OC(C)(C)C)nn1-c1ccc(C(=O)N2CCOCC2)cn1. The molecule has 3 amide bonds. The molecule has 1 fully saturated rings. The number of hydrogen-bond donors (Lipinski definition) is 2. The molecule has 12 nitrogen and oxygen atoms in total. The number of nitrogens with zero attached hydrogens (tertiary/aromatic N) is 5. The Labute approximate surface area is 258 Å². The van der Waals surface area contributed by atoms with Crippen LogP contribution < -0.4 is 10.6 Å². The number of benzene rings is 1. The summed E-state index contributed by atoms with van der Waals surface area (Å²) in [6.45, 7) is 7.73. The Morgan fingerprint density at radius 2 is 1.54 bits per heavy atom. The fourth-order valence-corrected chi connectivity index (χ4v) is 4.24. The molecule has 0 bridgehead atoms.